The second kappa shape index (κ2) is 9.56. The van der Waals surface area contributed by atoms with Crippen LogP contribution in [0, 0.1) is 5.82 Å². The van der Waals surface area contributed by atoms with Gasteiger partial charge in [-0.25, -0.2) is 14.4 Å². The van der Waals surface area contributed by atoms with Gasteiger partial charge in [-0.05, 0) is 43.5 Å². The van der Waals surface area contributed by atoms with Gasteiger partial charge in [0.05, 0.1) is 17.6 Å². The Labute approximate surface area is 190 Å². The quantitative estimate of drug-likeness (QED) is 0.540. The van der Waals surface area contributed by atoms with E-state index in [-0.39, 0.29) is 23.1 Å². The first kappa shape index (κ1) is 22.1. The first-order valence-electron chi connectivity index (χ1n) is 10.4. The van der Waals surface area contributed by atoms with Crippen molar-refractivity contribution in [3.05, 3.63) is 47.5 Å². The number of carbonyl (C=O) groups is 1. The van der Waals surface area contributed by atoms with Gasteiger partial charge in [-0.1, -0.05) is 11.6 Å². The van der Waals surface area contributed by atoms with Crippen LogP contribution >= 0.6 is 11.6 Å². The minimum absolute atomic E-state index is 0.0186. The number of nitrogens with one attached hydrogen (secondary N) is 2. The number of amides is 1. The Morgan fingerprint density at radius 2 is 2.03 bits per heavy atom. The number of halogens is 2. The highest BCUT2D eigenvalue weighted by Crippen LogP contribution is 2.37. The molecule has 168 valence electrons. The van der Waals surface area contributed by atoms with Gasteiger partial charge in [0.2, 0.25) is 5.91 Å². The van der Waals surface area contributed by atoms with Gasteiger partial charge in [0.1, 0.15) is 24.1 Å². The van der Waals surface area contributed by atoms with E-state index in [1.54, 1.807) is 19.2 Å². The average Bonchev–Trinajstić information content (AvgIpc) is 2.76. The minimum atomic E-state index is -0.491. The number of hydrogen-bond acceptors (Lipinski definition) is 6. The van der Waals surface area contributed by atoms with Crippen LogP contribution in [0.2, 0.25) is 5.02 Å². The SMILES string of the molecule is COc1cc2ncnc(Nc3ccc(F)c(Cl)c3)c2cc1O[C@H]1CCC[C@H](NC(C)=O)C1. The zero-order valence-electron chi connectivity index (χ0n) is 17.8. The molecule has 4 rings (SSSR count). The predicted octanol–water partition coefficient (Wildman–Crippen LogP) is 5.00. The fourth-order valence-corrected chi connectivity index (χ4v) is 4.16. The van der Waals surface area contributed by atoms with Crippen molar-refractivity contribution in [3.63, 3.8) is 0 Å². The molecule has 2 N–H and O–H groups in total. The van der Waals surface area contributed by atoms with Crippen LogP contribution in [-0.2, 0) is 4.79 Å². The van der Waals surface area contributed by atoms with Crippen LogP contribution in [0.5, 0.6) is 11.5 Å². The highest BCUT2D eigenvalue weighted by Gasteiger charge is 2.25. The van der Waals surface area contributed by atoms with Gasteiger partial charge in [-0.2, -0.15) is 0 Å². The Bertz CT molecular complexity index is 1140. The Kier molecular flexibility index (Phi) is 6.60. The highest BCUT2D eigenvalue weighted by molar-refractivity contribution is 6.31. The number of aromatic nitrogens is 2. The summed E-state index contributed by atoms with van der Waals surface area (Å²) in [6.45, 7) is 1.53. The summed E-state index contributed by atoms with van der Waals surface area (Å²) in [5.74, 6) is 1.14. The molecule has 1 aliphatic carbocycles. The monoisotopic (exact) mass is 458 g/mol. The predicted molar refractivity (Wildman–Crippen MR) is 121 cm³/mol. The molecule has 0 aliphatic heterocycles. The first-order valence-corrected chi connectivity index (χ1v) is 10.8. The summed E-state index contributed by atoms with van der Waals surface area (Å²) in [5.41, 5.74) is 1.26. The van der Waals surface area contributed by atoms with Crippen molar-refractivity contribution in [2.75, 3.05) is 12.4 Å². The molecule has 32 heavy (non-hydrogen) atoms. The number of methoxy groups -OCH3 is 1. The zero-order chi connectivity index (χ0) is 22.7. The van der Waals surface area contributed by atoms with Crippen LogP contribution in [0.3, 0.4) is 0 Å². The summed E-state index contributed by atoms with van der Waals surface area (Å²) in [4.78, 5) is 20.1. The van der Waals surface area contributed by atoms with Gasteiger partial charge in [0, 0.05) is 36.5 Å². The lowest BCUT2D eigenvalue weighted by atomic mass is 9.92. The molecule has 0 saturated heterocycles. The average molecular weight is 459 g/mol. The maximum atomic E-state index is 13.5. The van der Waals surface area contributed by atoms with Crippen molar-refractivity contribution >= 4 is 39.9 Å². The van der Waals surface area contributed by atoms with Crippen LogP contribution in [0.25, 0.3) is 10.9 Å². The molecule has 7 nitrogen and oxygen atoms in total. The third kappa shape index (κ3) is 5.02. The molecule has 1 amide bonds. The number of benzene rings is 2. The van der Waals surface area contributed by atoms with Gasteiger partial charge in [-0.3, -0.25) is 4.79 Å². The first-order chi connectivity index (χ1) is 15.4. The van der Waals surface area contributed by atoms with E-state index in [0.717, 1.165) is 31.1 Å². The number of rotatable bonds is 6. The van der Waals surface area contributed by atoms with E-state index in [2.05, 4.69) is 20.6 Å². The summed E-state index contributed by atoms with van der Waals surface area (Å²) in [5, 5.41) is 6.89. The minimum Gasteiger partial charge on any atom is -0.493 e. The summed E-state index contributed by atoms with van der Waals surface area (Å²) < 4.78 is 25.4. The van der Waals surface area contributed by atoms with Crippen LogP contribution < -0.4 is 20.1 Å². The molecule has 2 atom stereocenters. The van der Waals surface area contributed by atoms with E-state index in [1.165, 1.54) is 25.4 Å². The Hall–Kier alpha value is -3.13. The third-order valence-corrected chi connectivity index (χ3v) is 5.72. The van der Waals surface area contributed by atoms with Crippen molar-refractivity contribution < 1.29 is 18.7 Å². The number of fused-ring (bicyclic) bond motifs is 1. The molecule has 2 aromatic carbocycles. The normalized spacial score (nSPS) is 18.2. The fraction of sp³-hybridized carbons (Fsp3) is 0.348. The third-order valence-electron chi connectivity index (χ3n) is 5.43. The van der Waals surface area contributed by atoms with E-state index in [4.69, 9.17) is 21.1 Å². The van der Waals surface area contributed by atoms with Crippen molar-refractivity contribution in [2.45, 2.75) is 44.8 Å². The van der Waals surface area contributed by atoms with Crippen LogP contribution in [0.4, 0.5) is 15.9 Å². The number of nitrogens with zero attached hydrogens (tertiary/aromatic N) is 2. The van der Waals surface area contributed by atoms with Gasteiger partial charge < -0.3 is 20.1 Å². The molecule has 1 saturated carbocycles. The van der Waals surface area contributed by atoms with E-state index >= 15 is 0 Å². The second-order valence-electron chi connectivity index (χ2n) is 7.80. The number of hydrogen-bond donors (Lipinski definition) is 2. The number of carbonyl (C=O) groups excluding carboxylic acids is 1. The topological polar surface area (TPSA) is 85.4 Å². The van der Waals surface area contributed by atoms with Crippen molar-refractivity contribution in [3.8, 4) is 11.5 Å². The number of anilines is 2. The van der Waals surface area contributed by atoms with Crippen molar-refractivity contribution in [1.82, 2.24) is 15.3 Å². The van der Waals surface area contributed by atoms with Crippen molar-refractivity contribution in [2.24, 2.45) is 0 Å². The lowest BCUT2D eigenvalue weighted by molar-refractivity contribution is -0.120. The lowest BCUT2D eigenvalue weighted by Crippen LogP contribution is -2.40. The molecule has 0 radical (unpaired) electrons. The van der Waals surface area contributed by atoms with E-state index in [9.17, 15) is 9.18 Å². The van der Waals surface area contributed by atoms with E-state index in [1.807, 2.05) is 6.07 Å². The zero-order valence-corrected chi connectivity index (χ0v) is 18.6. The Morgan fingerprint density at radius 1 is 1.19 bits per heavy atom. The van der Waals surface area contributed by atoms with E-state index < -0.39 is 5.82 Å². The molecule has 0 spiro atoms. The highest BCUT2D eigenvalue weighted by atomic mass is 35.5. The smallest absolute Gasteiger partial charge is 0.217 e. The van der Waals surface area contributed by atoms with Crippen LogP contribution in [-0.4, -0.2) is 35.1 Å². The second-order valence-corrected chi connectivity index (χ2v) is 8.21. The molecule has 0 bridgehead atoms. The summed E-state index contributed by atoms with van der Waals surface area (Å²) in [6.07, 6.45) is 4.91. The molecule has 1 fully saturated rings. The van der Waals surface area contributed by atoms with Crippen molar-refractivity contribution in [1.29, 1.82) is 0 Å². The molecule has 3 aromatic rings. The Balaban J connectivity index is 1.63. The summed E-state index contributed by atoms with van der Waals surface area (Å²) in [7, 11) is 1.58. The standard InChI is InChI=1S/C23H24ClFN4O3/c1-13(30)28-14-4-3-5-16(8-14)32-22-10-17-20(11-21(22)31-2)26-12-27-23(17)29-15-6-7-19(25)18(24)9-15/h6-7,9-12,14,16H,3-5,8H2,1-2H3,(H,28,30)(H,26,27,29)/t14-,16-/m0/s1. The van der Waals surface area contributed by atoms with Gasteiger partial charge >= 0.3 is 0 Å². The maximum absolute atomic E-state index is 13.5. The molecule has 1 aromatic heterocycles. The maximum Gasteiger partial charge on any atom is 0.217 e. The molecule has 1 heterocycles. The summed E-state index contributed by atoms with van der Waals surface area (Å²) >= 11 is 5.90. The fourth-order valence-electron chi connectivity index (χ4n) is 3.98. The van der Waals surface area contributed by atoms with Gasteiger partial charge in [-0.15, -0.1) is 0 Å². The van der Waals surface area contributed by atoms with Gasteiger partial charge in [0.25, 0.3) is 0 Å². The molecular weight excluding hydrogens is 435 g/mol. The summed E-state index contributed by atoms with van der Waals surface area (Å²) in [6, 6.07) is 8.10. The Morgan fingerprint density at radius 3 is 2.78 bits per heavy atom. The molecule has 1 aliphatic rings. The molecular formula is C23H24ClFN4O3. The van der Waals surface area contributed by atoms with Crippen LogP contribution in [0.15, 0.2) is 36.7 Å². The largest absolute Gasteiger partial charge is 0.493 e. The molecule has 9 heteroatoms. The van der Waals surface area contributed by atoms with Gasteiger partial charge in [0.15, 0.2) is 11.5 Å². The lowest BCUT2D eigenvalue weighted by Gasteiger charge is -2.30. The van der Waals surface area contributed by atoms with E-state index in [0.29, 0.717) is 28.5 Å². The number of ether oxygens (including phenoxy) is 2. The molecule has 0 unspecified atom stereocenters. The van der Waals surface area contributed by atoms with Crippen LogP contribution in [0.1, 0.15) is 32.6 Å².